The summed E-state index contributed by atoms with van der Waals surface area (Å²) in [5.74, 6) is -0.199. The minimum absolute atomic E-state index is 0.0435. The van der Waals surface area contributed by atoms with E-state index in [9.17, 15) is 17.6 Å². The molecule has 3 rings (SSSR count). The van der Waals surface area contributed by atoms with E-state index in [-0.39, 0.29) is 22.4 Å². The molecule has 3 aromatic rings. The van der Waals surface area contributed by atoms with Crippen LogP contribution in [0.5, 0.6) is 5.75 Å². The molecule has 0 saturated heterocycles. The molecule has 1 amide bonds. The number of hydrogen-bond donors (Lipinski definition) is 2. The second kappa shape index (κ2) is 8.36. The third kappa shape index (κ3) is 5.05. The maximum Gasteiger partial charge on any atom is 0.263 e. The molecule has 0 fully saturated rings. The van der Waals surface area contributed by atoms with Gasteiger partial charge in [-0.2, -0.15) is 0 Å². The van der Waals surface area contributed by atoms with Crippen molar-refractivity contribution in [2.45, 2.75) is 11.3 Å². The van der Waals surface area contributed by atoms with Crippen LogP contribution >= 0.6 is 11.3 Å². The first-order valence-electron chi connectivity index (χ1n) is 8.02. The zero-order valence-corrected chi connectivity index (χ0v) is 16.3. The number of amides is 1. The summed E-state index contributed by atoms with van der Waals surface area (Å²) in [4.78, 5) is 16.3. The van der Waals surface area contributed by atoms with Crippen molar-refractivity contribution < 1.29 is 22.3 Å². The van der Waals surface area contributed by atoms with Gasteiger partial charge < -0.3 is 10.1 Å². The molecule has 2 aromatic carbocycles. The van der Waals surface area contributed by atoms with Crippen LogP contribution in [0.2, 0.25) is 0 Å². The van der Waals surface area contributed by atoms with E-state index in [1.165, 1.54) is 43.5 Å². The number of carbonyl (C=O) groups excluding carboxylic acids is 1. The standard InChI is InChI=1S/C18H16FN3O4S2/c1-26-15-6-8-16(9-7-15)28(24,25)22-18-21-14(11-27-18)10-17(23)20-13-4-2-12(19)3-5-13/h2-9,11H,10H2,1H3,(H,20,23)(H,21,22). The predicted octanol–water partition coefficient (Wildman–Crippen LogP) is 3.27. The number of carbonyl (C=O) groups is 1. The van der Waals surface area contributed by atoms with Crippen LogP contribution in [0.1, 0.15) is 5.69 Å². The topological polar surface area (TPSA) is 97.4 Å². The van der Waals surface area contributed by atoms with Gasteiger partial charge in [0, 0.05) is 11.1 Å². The van der Waals surface area contributed by atoms with Crippen molar-refractivity contribution in [3.05, 3.63) is 65.4 Å². The van der Waals surface area contributed by atoms with E-state index in [1.807, 2.05) is 0 Å². The molecule has 0 unspecified atom stereocenters. The number of thiazole rings is 1. The highest BCUT2D eigenvalue weighted by molar-refractivity contribution is 7.93. The predicted molar refractivity (Wildman–Crippen MR) is 105 cm³/mol. The van der Waals surface area contributed by atoms with Crippen molar-refractivity contribution in [2.24, 2.45) is 0 Å². The van der Waals surface area contributed by atoms with Gasteiger partial charge in [-0.25, -0.2) is 17.8 Å². The molecule has 0 saturated carbocycles. The lowest BCUT2D eigenvalue weighted by molar-refractivity contribution is -0.115. The number of aromatic nitrogens is 1. The van der Waals surface area contributed by atoms with E-state index < -0.39 is 15.8 Å². The fourth-order valence-corrected chi connectivity index (χ4v) is 4.23. The Morgan fingerprint density at radius 2 is 1.82 bits per heavy atom. The van der Waals surface area contributed by atoms with Crippen LogP contribution in [0.25, 0.3) is 0 Å². The van der Waals surface area contributed by atoms with Crippen LogP contribution in [0.15, 0.2) is 58.8 Å². The van der Waals surface area contributed by atoms with E-state index in [4.69, 9.17) is 4.74 Å². The van der Waals surface area contributed by atoms with Gasteiger partial charge in [0.2, 0.25) is 5.91 Å². The molecule has 0 radical (unpaired) electrons. The largest absolute Gasteiger partial charge is 0.497 e. The average Bonchev–Trinajstić information content (AvgIpc) is 3.09. The fourth-order valence-electron chi connectivity index (χ4n) is 2.27. The second-order valence-corrected chi connectivity index (χ2v) is 8.20. The third-order valence-electron chi connectivity index (χ3n) is 3.61. The minimum atomic E-state index is -3.80. The fraction of sp³-hybridized carbons (Fsp3) is 0.111. The summed E-state index contributed by atoms with van der Waals surface area (Å²) in [6.45, 7) is 0. The second-order valence-electron chi connectivity index (χ2n) is 5.66. The maximum absolute atomic E-state index is 12.9. The Balaban J connectivity index is 1.62. The number of nitrogens with one attached hydrogen (secondary N) is 2. The molecule has 0 spiro atoms. The number of benzene rings is 2. The molecule has 7 nitrogen and oxygen atoms in total. The lowest BCUT2D eigenvalue weighted by Gasteiger charge is -2.06. The van der Waals surface area contributed by atoms with Gasteiger partial charge >= 0.3 is 0 Å². The van der Waals surface area contributed by atoms with Crippen molar-refractivity contribution >= 4 is 38.1 Å². The van der Waals surface area contributed by atoms with Crippen LogP contribution in [-0.2, 0) is 21.2 Å². The summed E-state index contributed by atoms with van der Waals surface area (Å²) in [5.41, 5.74) is 0.874. The lowest BCUT2D eigenvalue weighted by atomic mass is 10.3. The zero-order valence-electron chi connectivity index (χ0n) is 14.7. The number of hydrogen-bond acceptors (Lipinski definition) is 6. The molecule has 0 aliphatic carbocycles. The van der Waals surface area contributed by atoms with Gasteiger partial charge in [-0.1, -0.05) is 0 Å². The zero-order chi connectivity index (χ0) is 20.1. The average molecular weight is 421 g/mol. The van der Waals surface area contributed by atoms with Gasteiger partial charge in [-0.3, -0.25) is 9.52 Å². The van der Waals surface area contributed by atoms with Gasteiger partial charge in [-0.05, 0) is 48.5 Å². The summed E-state index contributed by atoms with van der Waals surface area (Å²) < 4.78 is 45.1. The molecule has 0 atom stereocenters. The van der Waals surface area contributed by atoms with Crippen LogP contribution in [-0.4, -0.2) is 26.4 Å². The number of rotatable bonds is 7. The number of nitrogens with zero attached hydrogens (tertiary/aromatic N) is 1. The number of anilines is 2. The van der Waals surface area contributed by atoms with Gasteiger partial charge in [0.15, 0.2) is 5.13 Å². The van der Waals surface area contributed by atoms with Crippen molar-refractivity contribution in [3.8, 4) is 5.75 Å². The Kier molecular flexibility index (Phi) is 5.90. The van der Waals surface area contributed by atoms with Crippen LogP contribution < -0.4 is 14.8 Å². The maximum atomic E-state index is 12.9. The first-order chi connectivity index (χ1) is 13.4. The molecule has 28 heavy (non-hydrogen) atoms. The quantitative estimate of drug-likeness (QED) is 0.610. The molecule has 0 aliphatic heterocycles. The Labute approximate surface area is 165 Å². The molecule has 146 valence electrons. The van der Waals surface area contributed by atoms with Crippen LogP contribution in [0, 0.1) is 5.82 Å². The smallest absolute Gasteiger partial charge is 0.263 e. The summed E-state index contributed by atoms with van der Waals surface area (Å²) >= 11 is 1.07. The number of sulfonamides is 1. The lowest BCUT2D eigenvalue weighted by Crippen LogP contribution is -2.15. The first kappa shape index (κ1) is 19.8. The monoisotopic (exact) mass is 421 g/mol. The summed E-state index contributed by atoms with van der Waals surface area (Å²) in [5, 5.41) is 4.37. The molecule has 1 aromatic heterocycles. The Hall–Kier alpha value is -2.98. The highest BCUT2D eigenvalue weighted by atomic mass is 32.2. The van der Waals surface area contributed by atoms with E-state index in [0.29, 0.717) is 17.1 Å². The number of halogens is 1. The Morgan fingerprint density at radius 3 is 2.46 bits per heavy atom. The number of ether oxygens (including phenoxy) is 1. The van der Waals surface area contributed by atoms with Gasteiger partial charge in [0.1, 0.15) is 11.6 Å². The SMILES string of the molecule is COc1ccc(S(=O)(=O)Nc2nc(CC(=O)Nc3ccc(F)cc3)cs2)cc1. The third-order valence-corrected chi connectivity index (χ3v) is 5.90. The van der Waals surface area contributed by atoms with Gasteiger partial charge in [0.25, 0.3) is 10.0 Å². The van der Waals surface area contributed by atoms with Gasteiger partial charge in [0.05, 0.1) is 24.1 Å². The van der Waals surface area contributed by atoms with E-state index in [0.717, 1.165) is 11.3 Å². The molecular formula is C18H16FN3O4S2. The van der Waals surface area contributed by atoms with E-state index >= 15 is 0 Å². The molecule has 10 heteroatoms. The molecule has 0 aliphatic rings. The van der Waals surface area contributed by atoms with Crippen molar-refractivity contribution in [3.63, 3.8) is 0 Å². The molecule has 1 heterocycles. The number of methoxy groups -OCH3 is 1. The minimum Gasteiger partial charge on any atom is -0.497 e. The van der Waals surface area contributed by atoms with Crippen LogP contribution in [0.3, 0.4) is 0 Å². The highest BCUT2D eigenvalue weighted by Crippen LogP contribution is 2.22. The first-order valence-corrected chi connectivity index (χ1v) is 10.4. The van der Waals surface area contributed by atoms with Crippen LogP contribution in [0.4, 0.5) is 15.2 Å². The van der Waals surface area contributed by atoms with Crippen molar-refractivity contribution in [2.75, 3.05) is 17.1 Å². The van der Waals surface area contributed by atoms with Crippen molar-refractivity contribution in [1.82, 2.24) is 4.98 Å². The molecular weight excluding hydrogens is 405 g/mol. The van der Waals surface area contributed by atoms with E-state index in [2.05, 4.69) is 15.0 Å². The van der Waals surface area contributed by atoms with E-state index in [1.54, 1.807) is 17.5 Å². The van der Waals surface area contributed by atoms with Gasteiger partial charge in [-0.15, -0.1) is 11.3 Å². The Bertz CT molecular complexity index is 1060. The Morgan fingerprint density at radius 1 is 1.14 bits per heavy atom. The highest BCUT2D eigenvalue weighted by Gasteiger charge is 2.17. The molecule has 0 bridgehead atoms. The summed E-state index contributed by atoms with van der Waals surface area (Å²) in [6, 6.07) is 11.3. The normalized spacial score (nSPS) is 11.1. The summed E-state index contributed by atoms with van der Waals surface area (Å²) in [6.07, 6.45) is -0.0435. The molecule has 2 N–H and O–H groups in total. The summed E-state index contributed by atoms with van der Waals surface area (Å²) in [7, 11) is -2.31. The van der Waals surface area contributed by atoms with Crippen molar-refractivity contribution in [1.29, 1.82) is 0 Å².